The van der Waals surface area contributed by atoms with Gasteiger partial charge in [-0.1, -0.05) is 41.4 Å². The van der Waals surface area contributed by atoms with Crippen LogP contribution in [-0.4, -0.2) is 33.3 Å². The lowest BCUT2D eigenvalue weighted by atomic mass is 10.1. The van der Waals surface area contributed by atoms with E-state index < -0.39 is 28.4 Å². The van der Waals surface area contributed by atoms with Gasteiger partial charge in [-0.05, 0) is 59.8 Å². The summed E-state index contributed by atoms with van der Waals surface area (Å²) >= 11 is 12.8. The Morgan fingerprint density at radius 3 is 2.36 bits per heavy atom. The van der Waals surface area contributed by atoms with E-state index in [9.17, 15) is 24.5 Å². The number of hydrogen-bond donors (Lipinski definition) is 0. The smallest absolute Gasteiger partial charge is 0.293 e. The number of carbonyl (C=O) groups excluding carboxylic acids is 3. The molecule has 1 saturated heterocycles. The van der Waals surface area contributed by atoms with Gasteiger partial charge in [-0.15, -0.1) is 0 Å². The third-order valence-corrected chi connectivity index (χ3v) is 6.66. The van der Waals surface area contributed by atoms with Crippen LogP contribution in [0.15, 0.2) is 71.6 Å². The number of carbonyl (C=O) groups is 3. The van der Waals surface area contributed by atoms with Crippen LogP contribution in [0.3, 0.4) is 0 Å². The second-order valence-corrected chi connectivity index (χ2v) is 9.43. The van der Waals surface area contributed by atoms with Crippen molar-refractivity contribution < 1.29 is 24.0 Å². The lowest BCUT2D eigenvalue weighted by Gasteiger charge is -2.11. The van der Waals surface area contributed by atoms with Gasteiger partial charge in [0, 0.05) is 33.3 Å². The van der Waals surface area contributed by atoms with Crippen LogP contribution in [0.4, 0.5) is 10.5 Å². The van der Waals surface area contributed by atoms with Crippen molar-refractivity contribution >= 4 is 63.7 Å². The summed E-state index contributed by atoms with van der Waals surface area (Å²) in [6.07, 6.45) is 1.56. The van der Waals surface area contributed by atoms with Gasteiger partial charge in [0.05, 0.1) is 16.4 Å². The van der Waals surface area contributed by atoms with Crippen LogP contribution < -0.4 is 4.74 Å². The number of amides is 2. The van der Waals surface area contributed by atoms with Crippen molar-refractivity contribution in [2.24, 2.45) is 0 Å². The van der Waals surface area contributed by atoms with Crippen LogP contribution in [0.2, 0.25) is 10.0 Å². The number of hydrogen-bond acceptors (Lipinski definition) is 7. The van der Waals surface area contributed by atoms with Crippen LogP contribution in [0.5, 0.6) is 5.75 Å². The molecule has 0 unspecified atom stereocenters. The van der Waals surface area contributed by atoms with Crippen LogP contribution in [0.25, 0.3) is 6.08 Å². The largest absolute Gasteiger partial charge is 0.489 e. The van der Waals surface area contributed by atoms with Gasteiger partial charge in [0.1, 0.15) is 12.4 Å². The van der Waals surface area contributed by atoms with E-state index in [0.29, 0.717) is 21.4 Å². The minimum atomic E-state index is -0.585. The molecular formula is C25H16Cl2N2O6S. The second-order valence-electron chi connectivity index (χ2n) is 7.59. The molecule has 3 aromatic rings. The molecule has 0 saturated carbocycles. The lowest BCUT2D eigenvalue weighted by Crippen LogP contribution is -2.33. The maximum absolute atomic E-state index is 12.7. The van der Waals surface area contributed by atoms with Crippen molar-refractivity contribution in [2.75, 3.05) is 6.54 Å². The Balaban J connectivity index is 1.39. The van der Waals surface area contributed by atoms with Crippen molar-refractivity contribution in [1.82, 2.24) is 4.90 Å². The van der Waals surface area contributed by atoms with Gasteiger partial charge in [0.15, 0.2) is 5.78 Å². The van der Waals surface area contributed by atoms with E-state index in [0.717, 1.165) is 22.2 Å². The number of rotatable bonds is 8. The zero-order chi connectivity index (χ0) is 25.8. The molecule has 0 atom stereocenters. The van der Waals surface area contributed by atoms with Gasteiger partial charge in [0.2, 0.25) is 0 Å². The highest BCUT2D eigenvalue weighted by molar-refractivity contribution is 8.18. The van der Waals surface area contributed by atoms with E-state index in [2.05, 4.69) is 0 Å². The fourth-order valence-corrected chi connectivity index (χ4v) is 4.55. The number of nitro groups is 1. The molecule has 36 heavy (non-hydrogen) atoms. The van der Waals surface area contributed by atoms with Crippen LogP contribution in [-0.2, 0) is 11.4 Å². The van der Waals surface area contributed by atoms with Gasteiger partial charge in [-0.2, -0.15) is 0 Å². The van der Waals surface area contributed by atoms with Gasteiger partial charge >= 0.3 is 0 Å². The molecule has 1 aliphatic rings. The molecule has 1 fully saturated rings. The Morgan fingerprint density at radius 2 is 1.72 bits per heavy atom. The molecule has 2 amide bonds. The predicted molar refractivity (Wildman–Crippen MR) is 137 cm³/mol. The Morgan fingerprint density at radius 1 is 1.03 bits per heavy atom. The summed E-state index contributed by atoms with van der Waals surface area (Å²) in [5, 5.41) is 11.2. The minimum absolute atomic E-state index is 0.161. The quantitative estimate of drug-likeness (QED) is 0.140. The molecule has 0 N–H and O–H groups in total. The van der Waals surface area contributed by atoms with Crippen LogP contribution in [0.1, 0.15) is 21.5 Å². The van der Waals surface area contributed by atoms with Crippen molar-refractivity contribution in [1.29, 1.82) is 0 Å². The lowest BCUT2D eigenvalue weighted by molar-refractivity contribution is -0.384. The molecule has 11 heteroatoms. The zero-order valence-electron chi connectivity index (χ0n) is 18.4. The predicted octanol–water partition coefficient (Wildman–Crippen LogP) is 6.40. The van der Waals surface area contributed by atoms with Crippen molar-refractivity contribution in [2.45, 2.75) is 6.61 Å². The molecule has 8 nitrogen and oxygen atoms in total. The normalized spacial score (nSPS) is 14.4. The van der Waals surface area contributed by atoms with Crippen LogP contribution >= 0.6 is 35.0 Å². The van der Waals surface area contributed by atoms with Gasteiger partial charge < -0.3 is 4.74 Å². The van der Waals surface area contributed by atoms with Crippen molar-refractivity contribution in [3.05, 3.63) is 108 Å². The number of Topliss-reactive ketones (excluding diaryl/α,β-unsaturated/α-hetero) is 1. The molecule has 0 spiro atoms. The third-order valence-electron chi connectivity index (χ3n) is 5.16. The molecule has 182 valence electrons. The number of imide groups is 1. The van der Waals surface area contributed by atoms with Gasteiger partial charge in [0.25, 0.3) is 16.8 Å². The molecule has 0 aromatic heterocycles. The van der Waals surface area contributed by atoms with Gasteiger partial charge in [-0.3, -0.25) is 29.4 Å². The Hall–Kier alpha value is -3.66. The highest BCUT2D eigenvalue weighted by Gasteiger charge is 2.36. The highest BCUT2D eigenvalue weighted by atomic mass is 35.5. The molecule has 3 aromatic carbocycles. The van der Waals surface area contributed by atoms with E-state index in [-0.39, 0.29) is 22.8 Å². The first-order chi connectivity index (χ1) is 17.2. The molecule has 1 aliphatic heterocycles. The van der Waals surface area contributed by atoms with Crippen molar-refractivity contribution in [3.63, 3.8) is 0 Å². The number of nitrogens with zero attached hydrogens (tertiary/aromatic N) is 2. The average Bonchev–Trinajstić information content (AvgIpc) is 3.11. The zero-order valence-corrected chi connectivity index (χ0v) is 20.7. The van der Waals surface area contributed by atoms with E-state index >= 15 is 0 Å². The first kappa shape index (κ1) is 25.4. The summed E-state index contributed by atoms with van der Waals surface area (Å²) in [5.41, 5.74) is 1.45. The Labute approximate surface area is 219 Å². The topological polar surface area (TPSA) is 107 Å². The summed E-state index contributed by atoms with van der Waals surface area (Å²) in [6, 6.07) is 17.0. The number of nitro benzene ring substituents is 1. The number of non-ortho nitro benzene ring substituents is 1. The molecule has 0 radical (unpaired) electrons. The SMILES string of the molecule is O=C(CN1C(=O)S/C(=C/c2ccc(OCc3ccc(Cl)cc3Cl)cc2)C1=O)c1ccc([N+](=O)[O-])cc1. The average molecular weight is 543 g/mol. The molecular weight excluding hydrogens is 527 g/mol. The number of ketones is 1. The summed E-state index contributed by atoms with van der Waals surface area (Å²) < 4.78 is 5.74. The van der Waals surface area contributed by atoms with Gasteiger partial charge in [-0.25, -0.2) is 0 Å². The Bertz CT molecular complexity index is 1390. The molecule has 1 heterocycles. The number of halogens is 2. The van der Waals surface area contributed by atoms with Crippen LogP contribution in [0, 0.1) is 10.1 Å². The third kappa shape index (κ3) is 5.93. The number of thioether (sulfide) groups is 1. The number of ether oxygens (including phenoxy) is 1. The molecule has 4 rings (SSSR count). The minimum Gasteiger partial charge on any atom is -0.489 e. The fraction of sp³-hybridized carbons (Fsp3) is 0.0800. The first-order valence-corrected chi connectivity index (χ1v) is 12.0. The summed E-state index contributed by atoms with van der Waals surface area (Å²) in [6.45, 7) is -0.211. The fourth-order valence-electron chi connectivity index (χ4n) is 3.25. The summed E-state index contributed by atoms with van der Waals surface area (Å²) in [7, 11) is 0. The maximum Gasteiger partial charge on any atom is 0.293 e. The number of benzene rings is 3. The second kappa shape index (κ2) is 10.9. The standard InChI is InChI=1S/C25H16Cl2N2O6S/c26-18-6-3-17(21(27)12-18)14-35-20-9-1-15(2-10-20)11-23-24(31)28(25(32)36-23)13-22(30)16-4-7-19(8-5-16)29(33)34/h1-12H,13-14H2/b23-11+. The van der Waals surface area contributed by atoms with E-state index in [1.165, 1.54) is 24.3 Å². The molecule has 0 bridgehead atoms. The first-order valence-electron chi connectivity index (χ1n) is 10.4. The van der Waals surface area contributed by atoms with E-state index in [1.54, 1.807) is 48.5 Å². The summed E-state index contributed by atoms with van der Waals surface area (Å²) in [5.74, 6) is -0.506. The maximum atomic E-state index is 12.7. The Kier molecular flexibility index (Phi) is 7.73. The highest BCUT2D eigenvalue weighted by Crippen LogP contribution is 2.33. The summed E-state index contributed by atoms with van der Waals surface area (Å²) in [4.78, 5) is 48.8. The monoisotopic (exact) mass is 542 g/mol. The van der Waals surface area contributed by atoms with E-state index in [1.807, 2.05) is 0 Å². The molecule has 0 aliphatic carbocycles. The van der Waals surface area contributed by atoms with Crippen molar-refractivity contribution in [3.8, 4) is 5.75 Å². The van der Waals surface area contributed by atoms with E-state index in [4.69, 9.17) is 27.9 Å².